The molecular weight excluding hydrogens is 130 g/mol. The van der Waals surface area contributed by atoms with Crippen LogP contribution >= 0.6 is 0 Å². The lowest BCUT2D eigenvalue weighted by Crippen LogP contribution is -2.17. The Morgan fingerprint density at radius 1 is 1.80 bits per heavy atom. The van der Waals surface area contributed by atoms with E-state index < -0.39 is 0 Å². The van der Waals surface area contributed by atoms with Gasteiger partial charge in [-0.3, -0.25) is 4.99 Å². The highest BCUT2D eigenvalue weighted by Crippen LogP contribution is 1.91. The fourth-order valence-electron chi connectivity index (χ4n) is 0.547. The van der Waals surface area contributed by atoms with Gasteiger partial charge in [0.15, 0.2) is 0 Å². The second kappa shape index (κ2) is 4.97. The SMILES string of the molecule is CC=N[C@@H](C)C(=O)OCC. The minimum atomic E-state index is -0.357. The minimum absolute atomic E-state index is 0.263. The maximum Gasteiger partial charge on any atom is 0.330 e. The number of carbonyl (C=O) groups excluding carboxylic acids is 1. The summed E-state index contributed by atoms with van der Waals surface area (Å²) in [6.07, 6.45) is 1.60. The zero-order valence-corrected chi connectivity index (χ0v) is 6.63. The van der Waals surface area contributed by atoms with Gasteiger partial charge in [-0.25, -0.2) is 4.79 Å². The van der Waals surface area contributed by atoms with Crippen LogP contribution in [0, 0.1) is 0 Å². The quantitative estimate of drug-likeness (QED) is 0.437. The molecule has 0 bridgehead atoms. The van der Waals surface area contributed by atoms with Gasteiger partial charge in [-0.15, -0.1) is 0 Å². The summed E-state index contributed by atoms with van der Waals surface area (Å²) in [6, 6.07) is -0.357. The third-order valence-electron chi connectivity index (χ3n) is 1.00. The topological polar surface area (TPSA) is 38.7 Å². The van der Waals surface area contributed by atoms with Crippen molar-refractivity contribution in [1.82, 2.24) is 0 Å². The molecule has 0 aromatic rings. The van der Waals surface area contributed by atoms with Crippen molar-refractivity contribution < 1.29 is 9.53 Å². The van der Waals surface area contributed by atoms with E-state index in [-0.39, 0.29) is 12.0 Å². The average molecular weight is 143 g/mol. The van der Waals surface area contributed by atoms with Gasteiger partial charge in [-0.05, 0) is 27.0 Å². The fraction of sp³-hybridized carbons (Fsp3) is 0.714. The van der Waals surface area contributed by atoms with E-state index >= 15 is 0 Å². The van der Waals surface area contributed by atoms with Crippen LogP contribution in [0.3, 0.4) is 0 Å². The fourth-order valence-corrected chi connectivity index (χ4v) is 0.547. The number of rotatable bonds is 3. The highest BCUT2D eigenvalue weighted by molar-refractivity contribution is 5.77. The van der Waals surface area contributed by atoms with Crippen LogP contribution in [0.2, 0.25) is 0 Å². The summed E-state index contributed by atoms with van der Waals surface area (Å²) in [7, 11) is 0. The maximum absolute atomic E-state index is 10.8. The van der Waals surface area contributed by atoms with Gasteiger partial charge >= 0.3 is 5.97 Å². The highest BCUT2D eigenvalue weighted by atomic mass is 16.5. The first-order chi connectivity index (χ1) is 4.72. The van der Waals surface area contributed by atoms with E-state index in [1.54, 1.807) is 27.0 Å². The predicted molar refractivity (Wildman–Crippen MR) is 40.3 cm³/mol. The van der Waals surface area contributed by atoms with E-state index in [0.717, 1.165) is 0 Å². The molecule has 0 radical (unpaired) electrons. The Kier molecular flexibility index (Phi) is 4.54. The molecule has 58 valence electrons. The first-order valence-electron chi connectivity index (χ1n) is 3.36. The Labute approximate surface area is 61.1 Å². The number of aliphatic imine (C=N–C) groups is 1. The molecule has 0 saturated carbocycles. The van der Waals surface area contributed by atoms with Crippen molar-refractivity contribution in [2.75, 3.05) is 6.61 Å². The average Bonchev–Trinajstić information content (AvgIpc) is 1.89. The molecule has 1 atom stereocenters. The Balaban J connectivity index is 3.70. The summed E-state index contributed by atoms with van der Waals surface area (Å²) in [6.45, 7) is 5.68. The molecule has 0 saturated heterocycles. The van der Waals surface area contributed by atoms with Crippen LogP contribution in [0.15, 0.2) is 4.99 Å². The molecule has 0 aromatic carbocycles. The van der Waals surface area contributed by atoms with Crippen molar-refractivity contribution in [2.24, 2.45) is 4.99 Å². The molecule has 3 heteroatoms. The van der Waals surface area contributed by atoms with Gasteiger partial charge in [0.2, 0.25) is 0 Å². The van der Waals surface area contributed by atoms with Crippen molar-refractivity contribution >= 4 is 12.2 Å². The standard InChI is InChI=1S/C7H13NO2/c1-4-8-6(3)7(9)10-5-2/h4,6H,5H2,1-3H3/t6-/m0/s1. The summed E-state index contributed by atoms with van der Waals surface area (Å²) in [4.78, 5) is 14.6. The first-order valence-corrected chi connectivity index (χ1v) is 3.36. The highest BCUT2D eigenvalue weighted by Gasteiger charge is 2.09. The van der Waals surface area contributed by atoms with Crippen molar-refractivity contribution in [2.45, 2.75) is 26.8 Å². The first kappa shape index (κ1) is 9.14. The summed E-state index contributed by atoms with van der Waals surface area (Å²) >= 11 is 0. The Morgan fingerprint density at radius 3 is 2.80 bits per heavy atom. The number of carbonyl (C=O) groups is 1. The predicted octanol–water partition coefficient (Wildman–Crippen LogP) is 1.03. The summed E-state index contributed by atoms with van der Waals surface area (Å²) in [5.74, 6) is -0.263. The van der Waals surface area contributed by atoms with Gasteiger partial charge in [0.25, 0.3) is 0 Å². The second-order valence-electron chi connectivity index (χ2n) is 1.84. The molecule has 0 N–H and O–H groups in total. The third kappa shape index (κ3) is 3.22. The Bertz CT molecular complexity index is 132. The summed E-state index contributed by atoms with van der Waals surface area (Å²) < 4.78 is 4.70. The summed E-state index contributed by atoms with van der Waals surface area (Å²) in [5.41, 5.74) is 0. The molecule has 0 aliphatic carbocycles. The molecule has 0 aromatic heterocycles. The molecule has 0 spiro atoms. The zero-order valence-electron chi connectivity index (χ0n) is 6.63. The van der Waals surface area contributed by atoms with Gasteiger partial charge in [0, 0.05) is 0 Å². The van der Waals surface area contributed by atoms with E-state index in [0.29, 0.717) is 6.61 Å². The molecule has 0 amide bonds. The molecule has 10 heavy (non-hydrogen) atoms. The van der Waals surface area contributed by atoms with E-state index in [4.69, 9.17) is 4.74 Å². The van der Waals surface area contributed by atoms with Crippen LogP contribution in [0.25, 0.3) is 0 Å². The molecule has 0 fully saturated rings. The number of hydrogen-bond acceptors (Lipinski definition) is 3. The number of ether oxygens (including phenoxy) is 1. The largest absolute Gasteiger partial charge is 0.464 e. The third-order valence-corrected chi connectivity index (χ3v) is 1.00. The number of nitrogens with zero attached hydrogens (tertiary/aromatic N) is 1. The van der Waals surface area contributed by atoms with Gasteiger partial charge in [0.1, 0.15) is 6.04 Å². The molecule has 0 aliphatic rings. The van der Waals surface area contributed by atoms with Crippen LogP contribution in [-0.4, -0.2) is 24.8 Å². The van der Waals surface area contributed by atoms with Crippen LogP contribution in [0.1, 0.15) is 20.8 Å². The lowest BCUT2D eigenvalue weighted by Gasteiger charge is -2.03. The van der Waals surface area contributed by atoms with Gasteiger partial charge in [-0.1, -0.05) is 0 Å². The van der Waals surface area contributed by atoms with Crippen LogP contribution < -0.4 is 0 Å². The van der Waals surface area contributed by atoms with E-state index in [9.17, 15) is 4.79 Å². The monoisotopic (exact) mass is 143 g/mol. The number of hydrogen-bond donors (Lipinski definition) is 0. The minimum Gasteiger partial charge on any atom is -0.464 e. The van der Waals surface area contributed by atoms with Gasteiger partial charge < -0.3 is 4.74 Å². The van der Waals surface area contributed by atoms with Crippen molar-refractivity contribution in [3.05, 3.63) is 0 Å². The molecule has 0 heterocycles. The normalized spacial score (nSPS) is 13.5. The van der Waals surface area contributed by atoms with Crippen molar-refractivity contribution in [3.63, 3.8) is 0 Å². The Morgan fingerprint density at radius 2 is 2.40 bits per heavy atom. The summed E-state index contributed by atoms with van der Waals surface area (Å²) in [5, 5.41) is 0. The zero-order chi connectivity index (χ0) is 7.98. The van der Waals surface area contributed by atoms with E-state index in [1.807, 2.05) is 0 Å². The molecular formula is C7H13NO2. The van der Waals surface area contributed by atoms with Crippen LogP contribution in [0.4, 0.5) is 0 Å². The van der Waals surface area contributed by atoms with Crippen LogP contribution in [0.5, 0.6) is 0 Å². The van der Waals surface area contributed by atoms with Crippen molar-refractivity contribution in [1.29, 1.82) is 0 Å². The van der Waals surface area contributed by atoms with E-state index in [2.05, 4.69) is 4.99 Å². The van der Waals surface area contributed by atoms with Crippen LogP contribution in [-0.2, 0) is 9.53 Å². The maximum atomic E-state index is 10.8. The molecule has 0 unspecified atom stereocenters. The van der Waals surface area contributed by atoms with Gasteiger partial charge in [0.05, 0.1) is 6.61 Å². The molecule has 3 nitrogen and oxygen atoms in total. The Hall–Kier alpha value is -0.860. The molecule has 0 aliphatic heterocycles. The van der Waals surface area contributed by atoms with Crippen molar-refractivity contribution in [3.8, 4) is 0 Å². The lowest BCUT2D eigenvalue weighted by molar-refractivity contribution is -0.144. The smallest absolute Gasteiger partial charge is 0.330 e. The van der Waals surface area contributed by atoms with Gasteiger partial charge in [-0.2, -0.15) is 0 Å². The second-order valence-corrected chi connectivity index (χ2v) is 1.84. The van der Waals surface area contributed by atoms with E-state index in [1.165, 1.54) is 0 Å². The lowest BCUT2D eigenvalue weighted by atomic mass is 10.4. The number of esters is 1. The molecule has 0 rings (SSSR count).